The van der Waals surface area contributed by atoms with Crippen molar-refractivity contribution in [1.82, 2.24) is 9.80 Å². The molecule has 20 heavy (non-hydrogen) atoms. The molecule has 1 unspecified atom stereocenters. The first kappa shape index (κ1) is 14.2. The van der Waals surface area contributed by atoms with Crippen molar-refractivity contribution in [2.24, 2.45) is 10.7 Å². The third kappa shape index (κ3) is 2.43. The molecule has 114 valence electrons. The van der Waals surface area contributed by atoms with Crippen molar-refractivity contribution in [3.8, 4) is 0 Å². The summed E-state index contributed by atoms with van der Waals surface area (Å²) in [6.07, 6.45) is 9.35. The zero-order valence-electron chi connectivity index (χ0n) is 13.1. The summed E-state index contributed by atoms with van der Waals surface area (Å²) in [5.41, 5.74) is 6.51. The van der Waals surface area contributed by atoms with Gasteiger partial charge in [0.25, 0.3) is 0 Å². The normalized spacial score (nSPS) is 33.1. The van der Waals surface area contributed by atoms with E-state index in [1.807, 2.05) is 0 Å². The van der Waals surface area contributed by atoms with Gasteiger partial charge in [0.2, 0.25) is 0 Å². The maximum Gasteiger partial charge on any atom is 0.192 e. The molecule has 0 aromatic heterocycles. The summed E-state index contributed by atoms with van der Waals surface area (Å²) in [6.45, 7) is 7.86. The zero-order chi connectivity index (χ0) is 14.2. The van der Waals surface area contributed by atoms with Crippen LogP contribution in [0.15, 0.2) is 4.99 Å². The minimum Gasteiger partial charge on any atom is -0.370 e. The van der Waals surface area contributed by atoms with Gasteiger partial charge in [-0.25, -0.2) is 0 Å². The number of hydrogen-bond donors (Lipinski definition) is 1. The molecule has 3 rings (SSSR count). The Labute approximate surface area is 123 Å². The van der Waals surface area contributed by atoms with Gasteiger partial charge in [-0.3, -0.25) is 9.89 Å². The molecule has 0 aromatic rings. The van der Waals surface area contributed by atoms with Crippen LogP contribution in [0.25, 0.3) is 0 Å². The number of rotatable bonds is 2. The van der Waals surface area contributed by atoms with E-state index in [1.54, 1.807) is 0 Å². The SMILES string of the molecule is CC(C)N1CCC2(CN=C(N)N2C2CCCCCC2)C1. The summed E-state index contributed by atoms with van der Waals surface area (Å²) in [7, 11) is 0. The molecule has 1 atom stereocenters. The van der Waals surface area contributed by atoms with Crippen LogP contribution in [0, 0.1) is 0 Å². The molecule has 2 fully saturated rings. The van der Waals surface area contributed by atoms with Crippen molar-refractivity contribution in [1.29, 1.82) is 0 Å². The smallest absolute Gasteiger partial charge is 0.192 e. The topological polar surface area (TPSA) is 44.9 Å². The highest BCUT2D eigenvalue weighted by atomic mass is 15.4. The van der Waals surface area contributed by atoms with Gasteiger partial charge in [0.05, 0.1) is 12.1 Å². The highest BCUT2D eigenvalue weighted by Crippen LogP contribution is 2.37. The Bertz CT molecular complexity index is 371. The number of hydrogen-bond acceptors (Lipinski definition) is 4. The van der Waals surface area contributed by atoms with Gasteiger partial charge in [-0.05, 0) is 33.1 Å². The predicted molar refractivity (Wildman–Crippen MR) is 83.9 cm³/mol. The Hall–Kier alpha value is -0.770. The van der Waals surface area contributed by atoms with E-state index in [0.717, 1.165) is 19.0 Å². The molecular weight excluding hydrogens is 248 g/mol. The standard InChI is InChI=1S/C16H30N4/c1-13(2)19-10-9-16(12-19)11-18-15(17)20(16)14-7-5-3-4-6-8-14/h13-14H,3-12H2,1-2H3,(H2,17,18). The lowest BCUT2D eigenvalue weighted by molar-refractivity contribution is 0.131. The van der Waals surface area contributed by atoms with Crippen LogP contribution < -0.4 is 5.73 Å². The van der Waals surface area contributed by atoms with Crippen LogP contribution in [0.5, 0.6) is 0 Å². The highest BCUT2D eigenvalue weighted by molar-refractivity contribution is 5.81. The lowest BCUT2D eigenvalue weighted by Crippen LogP contribution is -2.57. The average molecular weight is 278 g/mol. The maximum absolute atomic E-state index is 6.29. The molecule has 3 aliphatic rings. The van der Waals surface area contributed by atoms with E-state index in [2.05, 4.69) is 28.6 Å². The summed E-state index contributed by atoms with van der Waals surface area (Å²) in [4.78, 5) is 9.78. The van der Waals surface area contributed by atoms with Gasteiger partial charge in [-0.15, -0.1) is 0 Å². The third-order valence-corrected chi connectivity index (χ3v) is 5.58. The molecule has 1 saturated heterocycles. The van der Waals surface area contributed by atoms with Gasteiger partial charge in [0.15, 0.2) is 5.96 Å². The predicted octanol–water partition coefficient (Wildman–Crippen LogP) is 2.19. The summed E-state index contributed by atoms with van der Waals surface area (Å²) < 4.78 is 0. The van der Waals surface area contributed by atoms with Crippen molar-refractivity contribution >= 4 is 5.96 Å². The first-order valence-electron chi connectivity index (χ1n) is 8.46. The summed E-state index contributed by atoms with van der Waals surface area (Å²) in [5, 5.41) is 0. The largest absolute Gasteiger partial charge is 0.370 e. The fourth-order valence-electron chi connectivity index (χ4n) is 4.37. The fourth-order valence-corrected chi connectivity index (χ4v) is 4.37. The van der Waals surface area contributed by atoms with Crippen LogP contribution in [-0.2, 0) is 0 Å². The number of guanidine groups is 1. The summed E-state index contributed by atoms with van der Waals surface area (Å²) in [6, 6.07) is 1.27. The lowest BCUT2D eigenvalue weighted by Gasteiger charge is -2.42. The zero-order valence-corrected chi connectivity index (χ0v) is 13.1. The molecule has 0 bridgehead atoms. The fraction of sp³-hybridized carbons (Fsp3) is 0.938. The van der Waals surface area contributed by atoms with Crippen LogP contribution in [0.1, 0.15) is 58.8 Å². The van der Waals surface area contributed by atoms with E-state index in [-0.39, 0.29) is 5.54 Å². The Kier molecular flexibility index (Phi) is 3.93. The van der Waals surface area contributed by atoms with Gasteiger partial charge in [0.1, 0.15) is 0 Å². The molecule has 0 aromatic carbocycles. The van der Waals surface area contributed by atoms with Gasteiger partial charge in [0, 0.05) is 25.2 Å². The Morgan fingerprint density at radius 3 is 2.50 bits per heavy atom. The monoisotopic (exact) mass is 278 g/mol. The Balaban J connectivity index is 1.77. The number of likely N-dealkylation sites (tertiary alicyclic amines) is 1. The third-order valence-electron chi connectivity index (χ3n) is 5.58. The van der Waals surface area contributed by atoms with E-state index >= 15 is 0 Å². The summed E-state index contributed by atoms with van der Waals surface area (Å²) >= 11 is 0. The highest BCUT2D eigenvalue weighted by Gasteiger charge is 2.49. The van der Waals surface area contributed by atoms with E-state index < -0.39 is 0 Å². The molecule has 2 N–H and O–H groups in total. The van der Waals surface area contributed by atoms with Gasteiger partial charge >= 0.3 is 0 Å². The van der Waals surface area contributed by atoms with Crippen LogP contribution in [0.4, 0.5) is 0 Å². The van der Waals surface area contributed by atoms with Crippen molar-refractivity contribution in [3.05, 3.63) is 0 Å². The molecule has 1 spiro atoms. The number of aliphatic imine (C=N–C) groups is 1. The quantitative estimate of drug-likeness (QED) is 0.788. The second-order valence-electron chi connectivity index (χ2n) is 7.23. The van der Waals surface area contributed by atoms with Gasteiger partial charge in [-0.1, -0.05) is 25.7 Å². The van der Waals surface area contributed by atoms with Crippen LogP contribution >= 0.6 is 0 Å². The van der Waals surface area contributed by atoms with E-state index in [4.69, 9.17) is 5.73 Å². The van der Waals surface area contributed by atoms with Crippen LogP contribution in [0.2, 0.25) is 0 Å². The minimum absolute atomic E-state index is 0.212. The Morgan fingerprint density at radius 1 is 1.20 bits per heavy atom. The molecule has 4 heteroatoms. The van der Waals surface area contributed by atoms with Crippen molar-refractivity contribution in [2.45, 2.75) is 76.4 Å². The number of nitrogens with zero attached hydrogens (tertiary/aromatic N) is 3. The second-order valence-corrected chi connectivity index (χ2v) is 7.23. The van der Waals surface area contributed by atoms with Crippen molar-refractivity contribution in [3.63, 3.8) is 0 Å². The van der Waals surface area contributed by atoms with Crippen LogP contribution in [-0.4, -0.2) is 53.0 Å². The van der Waals surface area contributed by atoms with E-state index in [1.165, 1.54) is 51.5 Å². The molecule has 0 amide bonds. The molecule has 4 nitrogen and oxygen atoms in total. The molecule has 2 heterocycles. The molecule has 1 aliphatic carbocycles. The van der Waals surface area contributed by atoms with Crippen molar-refractivity contribution in [2.75, 3.05) is 19.6 Å². The number of nitrogens with two attached hydrogens (primary N) is 1. The van der Waals surface area contributed by atoms with Crippen molar-refractivity contribution < 1.29 is 0 Å². The maximum atomic E-state index is 6.29. The van der Waals surface area contributed by atoms with E-state index in [0.29, 0.717) is 12.1 Å². The van der Waals surface area contributed by atoms with Gasteiger partial charge < -0.3 is 10.6 Å². The lowest BCUT2D eigenvalue weighted by atomic mass is 9.93. The summed E-state index contributed by atoms with van der Waals surface area (Å²) in [5.74, 6) is 0.822. The molecular formula is C16H30N4. The van der Waals surface area contributed by atoms with E-state index in [9.17, 15) is 0 Å². The first-order chi connectivity index (χ1) is 9.62. The molecule has 2 aliphatic heterocycles. The minimum atomic E-state index is 0.212. The van der Waals surface area contributed by atoms with Crippen LogP contribution in [0.3, 0.4) is 0 Å². The molecule has 0 radical (unpaired) electrons. The Morgan fingerprint density at radius 2 is 1.90 bits per heavy atom. The first-order valence-corrected chi connectivity index (χ1v) is 8.46. The van der Waals surface area contributed by atoms with Gasteiger partial charge in [-0.2, -0.15) is 0 Å². The molecule has 1 saturated carbocycles. The second kappa shape index (κ2) is 5.55. The average Bonchev–Trinajstić information content (AvgIpc) is 2.87.